The first-order valence-electron chi connectivity index (χ1n) is 15.6. The maximum atomic E-state index is 12.8. The van der Waals surface area contributed by atoms with Crippen molar-refractivity contribution in [1.82, 2.24) is 0 Å². The van der Waals surface area contributed by atoms with Gasteiger partial charge in [0.15, 0.2) is 0 Å². The standard InChI is InChI=1S/C34H52O2/c1-3-5-7-8-9-11-27-12-15-32-25-31(21-20-30(32)24-27)28-16-18-29(19-17-28)34(35)36-33-22-13-26(14-23-33)10-6-4-2/h4,13-14,22-23,27-32H,2-3,5-12,15-21,24-25H2,1H3. The molecular formula is C34H52O2. The van der Waals surface area contributed by atoms with E-state index in [2.05, 4.69) is 25.6 Å². The second kappa shape index (κ2) is 14.4. The van der Waals surface area contributed by atoms with Gasteiger partial charge in [-0.3, -0.25) is 4.79 Å². The number of allylic oxidation sites excluding steroid dienone is 1. The lowest BCUT2D eigenvalue weighted by Crippen LogP contribution is -2.35. The highest BCUT2D eigenvalue weighted by Crippen LogP contribution is 2.49. The molecule has 4 rings (SSSR count). The lowest BCUT2D eigenvalue weighted by molar-refractivity contribution is -0.140. The van der Waals surface area contributed by atoms with Gasteiger partial charge in [-0.2, -0.15) is 0 Å². The van der Waals surface area contributed by atoms with Gasteiger partial charge >= 0.3 is 5.97 Å². The summed E-state index contributed by atoms with van der Waals surface area (Å²) in [6.07, 6.45) is 26.0. The largest absolute Gasteiger partial charge is 0.426 e. The quantitative estimate of drug-likeness (QED) is 0.126. The van der Waals surface area contributed by atoms with Crippen LogP contribution in [0, 0.1) is 35.5 Å². The molecule has 0 saturated heterocycles. The summed E-state index contributed by atoms with van der Waals surface area (Å²) < 4.78 is 5.76. The van der Waals surface area contributed by atoms with Crippen molar-refractivity contribution in [3.63, 3.8) is 0 Å². The van der Waals surface area contributed by atoms with Crippen molar-refractivity contribution in [1.29, 1.82) is 0 Å². The zero-order valence-corrected chi connectivity index (χ0v) is 23.1. The van der Waals surface area contributed by atoms with Gasteiger partial charge in [-0.25, -0.2) is 0 Å². The molecule has 0 heterocycles. The predicted octanol–water partition coefficient (Wildman–Crippen LogP) is 9.71. The van der Waals surface area contributed by atoms with Gasteiger partial charge in [-0.05, 0) is 118 Å². The monoisotopic (exact) mass is 492 g/mol. The first-order chi connectivity index (χ1) is 17.7. The third-order valence-corrected chi connectivity index (χ3v) is 10.0. The van der Waals surface area contributed by atoms with Crippen molar-refractivity contribution in [2.24, 2.45) is 35.5 Å². The number of hydrogen-bond donors (Lipinski definition) is 0. The van der Waals surface area contributed by atoms with Crippen molar-refractivity contribution in [3.05, 3.63) is 42.5 Å². The highest BCUT2D eigenvalue weighted by atomic mass is 16.5. The molecule has 3 aliphatic carbocycles. The van der Waals surface area contributed by atoms with Crippen LogP contribution >= 0.6 is 0 Å². The molecule has 4 unspecified atom stereocenters. The fourth-order valence-electron chi connectivity index (χ4n) is 7.77. The zero-order chi connectivity index (χ0) is 25.2. The second-order valence-electron chi connectivity index (χ2n) is 12.5. The van der Waals surface area contributed by atoms with Crippen LogP contribution in [0.1, 0.15) is 122 Å². The fourth-order valence-corrected chi connectivity index (χ4v) is 7.77. The molecule has 0 spiro atoms. The minimum Gasteiger partial charge on any atom is -0.426 e. The first kappa shape index (κ1) is 27.5. The third kappa shape index (κ3) is 7.96. The number of carbonyl (C=O) groups excluding carboxylic acids is 1. The van der Waals surface area contributed by atoms with E-state index in [1.165, 1.54) is 95.5 Å². The zero-order valence-electron chi connectivity index (χ0n) is 23.1. The Balaban J connectivity index is 1.15. The van der Waals surface area contributed by atoms with Crippen LogP contribution in [-0.2, 0) is 11.2 Å². The first-order valence-corrected chi connectivity index (χ1v) is 15.6. The number of unbranched alkanes of at least 4 members (excludes halogenated alkanes) is 4. The number of rotatable bonds is 12. The summed E-state index contributed by atoms with van der Waals surface area (Å²) in [4.78, 5) is 12.8. The summed E-state index contributed by atoms with van der Waals surface area (Å²) >= 11 is 0. The highest BCUT2D eigenvalue weighted by Gasteiger charge is 2.39. The average molecular weight is 493 g/mol. The van der Waals surface area contributed by atoms with E-state index < -0.39 is 0 Å². The molecule has 0 aliphatic heterocycles. The van der Waals surface area contributed by atoms with E-state index in [1.54, 1.807) is 0 Å². The third-order valence-electron chi connectivity index (χ3n) is 10.0. The average Bonchev–Trinajstić information content (AvgIpc) is 2.92. The molecule has 4 atom stereocenters. The Labute approximate surface area is 221 Å². The molecule has 3 aliphatic rings. The van der Waals surface area contributed by atoms with Crippen molar-refractivity contribution >= 4 is 5.97 Å². The molecule has 0 N–H and O–H groups in total. The van der Waals surface area contributed by atoms with E-state index in [-0.39, 0.29) is 11.9 Å². The van der Waals surface area contributed by atoms with Crippen LogP contribution in [0.3, 0.4) is 0 Å². The van der Waals surface area contributed by atoms with Crippen LogP contribution in [-0.4, -0.2) is 5.97 Å². The Morgan fingerprint density at radius 2 is 1.47 bits per heavy atom. The molecule has 0 aromatic heterocycles. The maximum Gasteiger partial charge on any atom is 0.314 e. The molecule has 1 aromatic rings. The van der Waals surface area contributed by atoms with Gasteiger partial charge in [-0.15, -0.1) is 6.58 Å². The topological polar surface area (TPSA) is 26.3 Å². The molecule has 3 saturated carbocycles. The summed E-state index contributed by atoms with van der Waals surface area (Å²) in [6.45, 7) is 6.10. The van der Waals surface area contributed by atoms with E-state index >= 15 is 0 Å². The van der Waals surface area contributed by atoms with Crippen LogP contribution in [0.15, 0.2) is 36.9 Å². The summed E-state index contributed by atoms with van der Waals surface area (Å²) in [5.74, 6) is 5.57. The van der Waals surface area contributed by atoms with E-state index in [1.807, 2.05) is 18.2 Å². The molecule has 2 heteroatoms. The van der Waals surface area contributed by atoms with Gasteiger partial charge < -0.3 is 4.74 Å². The Morgan fingerprint density at radius 3 is 2.19 bits per heavy atom. The van der Waals surface area contributed by atoms with Crippen molar-refractivity contribution in [2.75, 3.05) is 0 Å². The van der Waals surface area contributed by atoms with Gasteiger partial charge in [0.25, 0.3) is 0 Å². The summed E-state index contributed by atoms with van der Waals surface area (Å²) in [6, 6.07) is 8.03. The Bertz CT molecular complexity index is 788. The van der Waals surface area contributed by atoms with Crippen LogP contribution in [0.2, 0.25) is 0 Å². The number of carbonyl (C=O) groups is 1. The SMILES string of the molecule is C=CCCc1ccc(OC(=O)C2CCC(C3CCC4CC(CCCCCCC)CCC4C3)CC2)cc1. The molecular weight excluding hydrogens is 440 g/mol. The van der Waals surface area contributed by atoms with Crippen LogP contribution in [0.4, 0.5) is 0 Å². The van der Waals surface area contributed by atoms with Gasteiger partial charge in [0.2, 0.25) is 0 Å². The number of esters is 1. The Morgan fingerprint density at radius 1 is 0.833 bits per heavy atom. The second-order valence-corrected chi connectivity index (χ2v) is 12.5. The van der Waals surface area contributed by atoms with Crippen molar-refractivity contribution in [2.45, 2.75) is 122 Å². The van der Waals surface area contributed by atoms with Crippen molar-refractivity contribution in [3.8, 4) is 5.75 Å². The van der Waals surface area contributed by atoms with Crippen LogP contribution < -0.4 is 4.74 Å². The smallest absolute Gasteiger partial charge is 0.314 e. The van der Waals surface area contributed by atoms with Gasteiger partial charge in [0, 0.05) is 0 Å². The highest BCUT2D eigenvalue weighted by molar-refractivity contribution is 5.75. The molecule has 0 radical (unpaired) electrons. The summed E-state index contributed by atoms with van der Waals surface area (Å²) in [5.41, 5.74) is 1.26. The van der Waals surface area contributed by atoms with E-state index in [9.17, 15) is 4.79 Å². The van der Waals surface area contributed by atoms with Gasteiger partial charge in [0.05, 0.1) is 5.92 Å². The van der Waals surface area contributed by atoms with E-state index in [0.717, 1.165) is 55.3 Å². The minimum atomic E-state index is -0.0102. The molecule has 3 fully saturated rings. The van der Waals surface area contributed by atoms with E-state index in [4.69, 9.17) is 4.74 Å². The number of hydrogen-bond acceptors (Lipinski definition) is 2. The summed E-state index contributed by atoms with van der Waals surface area (Å²) in [7, 11) is 0. The van der Waals surface area contributed by atoms with Gasteiger partial charge in [0.1, 0.15) is 5.75 Å². The predicted molar refractivity (Wildman–Crippen MR) is 151 cm³/mol. The normalized spacial score (nSPS) is 30.4. The lowest BCUT2D eigenvalue weighted by Gasteiger charge is -2.45. The van der Waals surface area contributed by atoms with Crippen LogP contribution in [0.5, 0.6) is 5.75 Å². The minimum absolute atomic E-state index is 0.0102. The summed E-state index contributed by atoms with van der Waals surface area (Å²) in [5, 5.41) is 0. The van der Waals surface area contributed by atoms with Gasteiger partial charge in [-0.1, -0.05) is 70.1 Å². The fraction of sp³-hybridized carbons (Fsp3) is 0.735. The van der Waals surface area contributed by atoms with Crippen LogP contribution in [0.25, 0.3) is 0 Å². The molecule has 2 nitrogen and oxygen atoms in total. The Hall–Kier alpha value is -1.57. The lowest BCUT2D eigenvalue weighted by atomic mass is 9.60. The molecule has 0 amide bonds. The number of ether oxygens (including phenoxy) is 1. The number of aryl methyl sites for hydroxylation is 1. The Kier molecular flexibility index (Phi) is 11.0. The molecule has 200 valence electrons. The number of fused-ring (bicyclic) bond motifs is 1. The maximum absolute atomic E-state index is 12.8. The number of benzene rings is 1. The van der Waals surface area contributed by atoms with E-state index in [0.29, 0.717) is 5.75 Å². The molecule has 36 heavy (non-hydrogen) atoms. The molecule has 0 bridgehead atoms. The molecule has 1 aromatic carbocycles. The van der Waals surface area contributed by atoms with Crippen molar-refractivity contribution < 1.29 is 9.53 Å².